The Hall–Kier alpha value is -1.37. The first-order chi connectivity index (χ1) is 10.2. The van der Waals surface area contributed by atoms with Gasteiger partial charge in [0.25, 0.3) is 0 Å². The van der Waals surface area contributed by atoms with Gasteiger partial charge in [-0.15, -0.1) is 0 Å². The van der Waals surface area contributed by atoms with E-state index in [1.54, 1.807) is 21.1 Å². The van der Waals surface area contributed by atoms with Gasteiger partial charge in [0.1, 0.15) is 11.9 Å². The Morgan fingerprint density at radius 2 is 1.81 bits per heavy atom. The van der Waals surface area contributed by atoms with Crippen LogP contribution in [0.4, 0.5) is 0 Å². The summed E-state index contributed by atoms with van der Waals surface area (Å²) >= 11 is 1.40. The Kier molecular flexibility index (Phi) is 4.28. The SMILES string of the molecule is O=S(=O)(c1ccsc1)N1CCC(Oc2ccccc2)CC1. The number of para-hydroxylation sites is 1. The first-order valence-corrected chi connectivity index (χ1v) is 9.28. The van der Waals surface area contributed by atoms with Crippen LogP contribution in [-0.4, -0.2) is 31.9 Å². The number of ether oxygens (including phenoxy) is 1. The van der Waals surface area contributed by atoms with Gasteiger partial charge in [0.05, 0.1) is 4.90 Å². The minimum absolute atomic E-state index is 0.0846. The highest BCUT2D eigenvalue weighted by Gasteiger charge is 2.30. The number of rotatable bonds is 4. The van der Waals surface area contributed by atoms with Gasteiger partial charge in [0.15, 0.2) is 0 Å². The van der Waals surface area contributed by atoms with Crippen LogP contribution in [0.1, 0.15) is 12.8 Å². The zero-order valence-corrected chi connectivity index (χ0v) is 13.1. The van der Waals surface area contributed by atoms with Gasteiger partial charge in [-0.25, -0.2) is 8.42 Å². The monoisotopic (exact) mass is 323 g/mol. The molecule has 1 aliphatic heterocycles. The predicted molar refractivity (Wildman–Crippen MR) is 83.2 cm³/mol. The lowest BCUT2D eigenvalue weighted by Gasteiger charge is -2.31. The fourth-order valence-electron chi connectivity index (χ4n) is 2.43. The van der Waals surface area contributed by atoms with E-state index in [1.807, 2.05) is 30.3 Å². The summed E-state index contributed by atoms with van der Waals surface area (Å²) in [4.78, 5) is 0.398. The molecule has 0 amide bonds. The first-order valence-electron chi connectivity index (χ1n) is 6.90. The molecular formula is C15H17NO3S2. The van der Waals surface area contributed by atoms with E-state index in [0.29, 0.717) is 18.0 Å². The largest absolute Gasteiger partial charge is 0.490 e. The summed E-state index contributed by atoms with van der Waals surface area (Å²) in [5.74, 6) is 0.844. The van der Waals surface area contributed by atoms with Gasteiger partial charge in [-0.1, -0.05) is 18.2 Å². The Balaban J connectivity index is 1.61. The van der Waals surface area contributed by atoms with Crippen LogP contribution >= 0.6 is 11.3 Å². The Morgan fingerprint density at radius 3 is 2.43 bits per heavy atom. The number of hydrogen-bond donors (Lipinski definition) is 0. The number of nitrogens with zero attached hydrogens (tertiary/aromatic N) is 1. The summed E-state index contributed by atoms with van der Waals surface area (Å²) in [5, 5.41) is 3.47. The van der Waals surface area contributed by atoms with E-state index < -0.39 is 10.0 Å². The van der Waals surface area contributed by atoms with Crippen molar-refractivity contribution in [2.45, 2.75) is 23.8 Å². The highest BCUT2D eigenvalue weighted by Crippen LogP contribution is 2.24. The van der Waals surface area contributed by atoms with Crippen LogP contribution in [0, 0.1) is 0 Å². The van der Waals surface area contributed by atoms with E-state index in [2.05, 4.69) is 0 Å². The lowest BCUT2D eigenvalue weighted by atomic mass is 10.1. The maximum Gasteiger partial charge on any atom is 0.243 e. The van der Waals surface area contributed by atoms with Crippen molar-refractivity contribution in [3.8, 4) is 5.75 Å². The summed E-state index contributed by atoms with van der Waals surface area (Å²) in [6.07, 6.45) is 1.53. The van der Waals surface area contributed by atoms with Crippen molar-refractivity contribution in [3.63, 3.8) is 0 Å². The molecule has 1 fully saturated rings. The third-order valence-electron chi connectivity index (χ3n) is 3.58. The predicted octanol–water partition coefficient (Wildman–Crippen LogP) is 2.98. The molecule has 21 heavy (non-hydrogen) atoms. The highest BCUT2D eigenvalue weighted by molar-refractivity contribution is 7.89. The van der Waals surface area contributed by atoms with Gasteiger partial charge >= 0.3 is 0 Å². The highest BCUT2D eigenvalue weighted by atomic mass is 32.2. The van der Waals surface area contributed by atoms with Crippen molar-refractivity contribution in [2.24, 2.45) is 0 Å². The quantitative estimate of drug-likeness (QED) is 0.869. The molecule has 0 spiro atoms. The molecule has 0 radical (unpaired) electrons. The Labute approximate surface area is 129 Å². The van der Waals surface area contributed by atoms with E-state index in [-0.39, 0.29) is 6.10 Å². The van der Waals surface area contributed by atoms with E-state index >= 15 is 0 Å². The fraction of sp³-hybridized carbons (Fsp3) is 0.333. The zero-order valence-electron chi connectivity index (χ0n) is 11.5. The number of benzene rings is 1. The zero-order chi connectivity index (χ0) is 14.7. The summed E-state index contributed by atoms with van der Waals surface area (Å²) in [7, 11) is -3.33. The van der Waals surface area contributed by atoms with Crippen molar-refractivity contribution in [3.05, 3.63) is 47.2 Å². The summed E-state index contributed by atoms with van der Waals surface area (Å²) in [6, 6.07) is 11.3. The topological polar surface area (TPSA) is 46.6 Å². The van der Waals surface area contributed by atoms with E-state index in [1.165, 1.54) is 11.3 Å². The molecule has 0 unspecified atom stereocenters. The molecule has 1 aromatic carbocycles. The van der Waals surface area contributed by atoms with Crippen molar-refractivity contribution < 1.29 is 13.2 Å². The van der Waals surface area contributed by atoms with Crippen LogP contribution in [-0.2, 0) is 10.0 Å². The van der Waals surface area contributed by atoms with Gasteiger partial charge in [0, 0.05) is 18.5 Å². The maximum absolute atomic E-state index is 12.4. The van der Waals surface area contributed by atoms with Crippen LogP contribution in [0.5, 0.6) is 5.75 Å². The number of hydrogen-bond acceptors (Lipinski definition) is 4. The van der Waals surface area contributed by atoms with Gasteiger partial charge in [-0.2, -0.15) is 15.6 Å². The van der Waals surface area contributed by atoms with Gasteiger partial charge < -0.3 is 4.74 Å². The van der Waals surface area contributed by atoms with Crippen molar-refractivity contribution in [1.82, 2.24) is 4.31 Å². The molecule has 1 aliphatic rings. The molecule has 2 heterocycles. The van der Waals surface area contributed by atoms with E-state index in [9.17, 15) is 8.42 Å². The number of sulfonamides is 1. The summed E-state index contributed by atoms with van der Waals surface area (Å²) in [6.45, 7) is 1.02. The Bertz CT molecular complexity index is 660. The fourth-order valence-corrected chi connectivity index (χ4v) is 4.91. The molecule has 1 aromatic heterocycles. The molecule has 1 saturated heterocycles. The van der Waals surface area contributed by atoms with E-state index in [0.717, 1.165) is 18.6 Å². The van der Waals surface area contributed by atoms with Crippen LogP contribution < -0.4 is 4.74 Å². The molecule has 0 aliphatic carbocycles. The minimum Gasteiger partial charge on any atom is -0.490 e. The first kappa shape index (κ1) is 14.6. The molecule has 0 bridgehead atoms. The minimum atomic E-state index is -3.33. The molecule has 0 atom stereocenters. The van der Waals surface area contributed by atoms with Crippen molar-refractivity contribution >= 4 is 21.4 Å². The van der Waals surface area contributed by atoms with Crippen LogP contribution in [0.2, 0.25) is 0 Å². The van der Waals surface area contributed by atoms with Crippen molar-refractivity contribution in [1.29, 1.82) is 0 Å². The molecule has 2 aromatic rings. The maximum atomic E-state index is 12.4. The second kappa shape index (κ2) is 6.17. The van der Waals surface area contributed by atoms with E-state index in [4.69, 9.17) is 4.74 Å². The van der Waals surface area contributed by atoms with Gasteiger partial charge in [0.2, 0.25) is 10.0 Å². The standard InChI is InChI=1S/C15H17NO3S2/c17-21(18,15-8-11-20-12-15)16-9-6-14(7-10-16)19-13-4-2-1-3-5-13/h1-5,8,11-12,14H,6-7,9-10H2. The second-order valence-electron chi connectivity index (χ2n) is 4.99. The van der Waals surface area contributed by atoms with Crippen molar-refractivity contribution in [2.75, 3.05) is 13.1 Å². The molecule has 3 rings (SSSR count). The molecule has 0 saturated carbocycles. The third-order valence-corrected chi connectivity index (χ3v) is 6.31. The smallest absolute Gasteiger partial charge is 0.243 e. The number of piperidine rings is 1. The van der Waals surface area contributed by atoms with Crippen LogP contribution in [0.25, 0.3) is 0 Å². The summed E-state index contributed by atoms with van der Waals surface area (Å²) in [5.41, 5.74) is 0. The number of thiophene rings is 1. The lowest BCUT2D eigenvalue weighted by molar-refractivity contribution is 0.135. The Morgan fingerprint density at radius 1 is 1.10 bits per heavy atom. The molecule has 112 valence electrons. The lowest BCUT2D eigenvalue weighted by Crippen LogP contribution is -2.41. The average Bonchev–Trinajstić information content (AvgIpc) is 3.04. The molecule has 4 nitrogen and oxygen atoms in total. The average molecular weight is 323 g/mol. The molecular weight excluding hydrogens is 306 g/mol. The van der Waals surface area contributed by atoms with Crippen LogP contribution in [0.15, 0.2) is 52.1 Å². The normalized spacial score (nSPS) is 17.7. The van der Waals surface area contributed by atoms with Gasteiger partial charge in [-0.3, -0.25) is 0 Å². The summed E-state index contributed by atoms with van der Waals surface area (Å²) < 4.78 is 32.3. The van der Waals surface area contributed by atoms with Crippen LogP contribution in [0.3, 0.4) is 0 Å². The molecule has 0 N–H and O–H groups in total. The third kappa shape index (κ3) is 3.28. The molecule has 6 heteroatoms. The second-order valence-corrected chi connectivity index (χ2v) is 7.71. The van der Waals surface area contributed by atoms with Gasteiger partial charge in [-0.05, 0) is 36.4 Å².